The monoisotopic (exact) mass is 242 g/mol. The van der Waals surface area contributed by atoms with E-state index in [4.69, 9.17) is 0 Å². The van der Waals surface area contributed by atoms with Gasteiger partial charge < -0.3 is 0 Å². The quantitative estimate of drug-likeness (QED) is 0.564. The summed E-state index contributed by atoms with van der Waals surface area (Å²) in [5.74, 6) is 0. The van der Waals surface area contributed by atoms with E-state index >= 15 is 0 Å². The Bertz CT molecular complexity index is 636. The lowest BCUT2D eigenvalue weighted by atomic mass is 10.2. The first-order valence-electron chi connectivity index (χ1n) is 5.03. The van der Waals surface area contributed by atoms with Crippen LogP contribution in [0.25, 0.3) is 32.3 Å². The van der Waals surface area contributed by atoms with Crippen molar-refractivity contribution in [1.82, 2.24) is 0 Å². The molecule has 3 rings (SSSR count). The Balaban J connectivity index is 2.46. The molecule has 3 aromatic rings. The first-order valence-corrected chi connectivity index (χ1v) is 6.66. The standard InChI is InChI=1S/C14H10S2/c1-3-11-7-9-5-6-10-8-12(4-2)16-14(10)13(9)15-11/h3-8H,1-2H2. The van der Waals surface area contributed by atoms with Gasteiger partial charge >= 0.3 is 0 Å². The van der Waals surface area contributed by atoms with Crippen LogP contribution in [0.2, 0.25) is 0 Å². The van der Waals surface area contributed by atoms with E-state index in [0.29, 0.717) is 0 Å². The maximum absolute atomic E-state index is 3.83. The first kappa shape index (κ1) is 9.82. The fourth-order valence-corrected chi connectivity index (χ4v) is 4.00. The molecule has 0 amide bonds. The van der Waals surface area contributed by atoms with Gasteiger partial charge in [-0.05, 0) is 22.9 Å². The predicted octanol–water partition coefficient (Wildman–Crippen LogP) is 5.40. The highest BCUT2D eigenvalue weighted by molar-refractivity contribution is 7.28. The van der Waals surface area contributed by atoms with E-state index in [-0.39, 0.29) is 0 Å². The molecule has 0 radical (unpaired) electrons. The van der Waals surface area contributed by atoms with Crippen LogP contribution in [0.4, 0.5) is 0 Å². The Labute approximate surface area is 102 Å². The van der Waals surface area contributed by atoms with Crippen molar-refractivity contribution < 1.29 is 0 Å². The van der Waals surface area contributed by atoms with Crippen molar-refractivity contribution in [2.45, 2.75) is 0 Å². The molecule has 0 N–H and O–H groups in total. The SMILES string of the molecule is C=Cc1cc2ccc3cc(C=C)sc3c2s1. The molecule has 0 aliphatic heterocycles. The fourth-order valence-electron chi connectivity index (χ4n) is 1.83. The minimum Gasteiger partial charge on any atom is -0.134 e. The molecule has 0 aliphatic carbocycles. The molecule has 0 aliphatic rings. The third-order valence-corrected chi connectivity index (χ3v) is 5.07. The Morgan fingerprint density at radius 3 is 1.62 bits per heavy atom. The van der Waals surface area contributed by atoms with E-state index in [1.807, 2.05) is 34.8 Å². The highest BCUT2D eigenvalue weighted by Gasteiger charge is 2.07. The Morgan fingerprint density at radius 2 is 1.25 bits per heavy atom. The number of hydrogen-bond acceptors (Lipinski definition) is 2. The summed E-state index contributed by atoms with van der Waals surface area (Å²) in [7, 11) is 0. The van der Waals surface area contributed by atoms with Crippen molar-refractivity contribution in [2.75, 3.05) is 0 Å². The minimum atomic E-state index is 1.23. The zero-order chi connectivity index (χ0) is 11.1. The summed E-state index contributed by atoms with van der Waals surface area (Å²) >= 11 is 3.62. The smallest absolute Gasteiger partial charge is 0.0527 e. The summed E-state index contributed by atoms with van der Waals surface area (Å²) in [4.78, 5) is 2.46. The Hall–Kier alpha value is -1.38. The van der Waals surface area contributed by atoms with Gasteiger partial charge in [-0.3, -0.25) is 0 Å². The van der Waals surface area contributed by atoms with Crippen LogP contribution in [0.15, 0.2) is 37.4 Å². The Kier molecular flexibility index (Phi) is 2.20. The van der Waals surface area contributed by atoms with E-state index in [2.05, 4.69) is 37.4 Å². The van der Waals surface area contributed by atoms with E-state index in [9.17, 15) is 0 Å². The van der Waals surface area contributed by atoms with E-state index in [0.717, 1.165) is 0 Å². The highest BCUT2D eigenvalue weighted by atomic mass is 32.1. The van der Waals surface area contributed by atoms with Crippen LogP contribution in [-0.2, 0) is 0 Å². The summed E-state index contributed by atoms with van der Waals surface area (Å²) in [5.41, 5.74) is 0. The molecular weight excluding hydrogens is 232 g/mol. The van der Waals surface area contributed by atoms with Crippen LogP contribution in [0.5, 0.6) is 0 Å². The van der Waals surface area contributed by atoms with Crippen molar-refractivity contribution in [3.8, 4) is 0 Å². The molecule has 2 heteroatoms. The predicted molar refractivity (Wildman–Crippen MR) is 77.4 cm³/mol. The minimum absolute atomic E-state index is 1.23. The first-order chi connectivity index (χ1) is 7.81. The van der Waals surface area contributed by atoms with E-state index in [1.54, 1.807) is 0 Å². The van der Waals surface area contributed by atoms with Gasteiger partial charge in [0.2, 0.25) is 0 Å². The average molecular weight is 242 g/mol. The van der Waals surface area contributed by atoms with Crippen LogP contribution in [0, 0.1) is 0 Å². The van der Waals surface area contributed by atoms with Crippen LogP contribution in [0.1, 0.15) is 9.75 Å². The number of rotatable bonds is 2. The Morgan fingerprint density at radius 1 is 0.812 bits per heavy atom. The van der Waals surface area contributed by atoms with Gasteiger partial charge in [-0.25, -0.2) is 0 Å². The number of hydrogen-bond donors (Lipinski definition) is 0. The van der Waals surface area contributed by atoms with Crippen molar-refractivity contribution in [1.29, 1.82) is 0 Å². The van der Waals surface area contributed by atoms with Gasteiger partial charge in [-0.15, -0.1) is 22.7 Å². The molecule has 0 fully saturated rings. The normalized spacial score (nSPS) is 11.0. The molecule has 2 heterocycles. The van der Waals surface area contributed by atoms with Crippen molar-refractivity contribution in [3.05, 3.63) is 47.2 Å². The van der Waals surface area contributed by atoms with Gasteiger partial charge in [0.1, 0.15) is 0 Å². The lowest BCUT2D eigenvalue weighted by Gasteiger charge is -1.90. The third-order valence-electron chi connectivity index (χ3n) is 2.61. The summed E-state index contributed by atoms with van der Waals surface area (Å²) in [6.45, 7) is 7.65. The molecule has 0 nitrogen and oxygen atoms in total. The molecule has 0 saturated heterocycles. The molecule has 0 atom stereocenters. The van der Waals surface area contributed by atoms with E-state index in [1.165, 1.54) is 29.9 Å². The van der Waals surface area contributed by atoms with Gasteiger partial charge in [0.05, 0.1) is 9.40 Å². The maximum Gasteiger partial charge on any atom is 0.0527 e. The van der Waals surface area contributed by atoms with E-state index < -0.39 is 0 Å². The topological polar surface area (TPSA) is 0 Å². The highest BCUT2D eigenvalue weighted by Crippen LogP contribution is 2.37. The maximum atomic E-state index is 3.83. The number of fused-ring (bicyclic) bond motifs is 3. The van der Waals surface area contributed by atoms with Crippen molar-refractivity contribution >= 4 is 55.0 Å². The lowest BCUT2D eigenvalue weighted by Crippen LogP contribution is -1.62. The summed E-state index contributed by atoms with van der Waals surface area (Å²) < 4.78 is 2.73. The summed E-state index contributed by atoms with van der Waals surface area (Å²) in [6.07, 6.45) is 3.83. The molecule has 16 heavy (non-hydrogen) atoms. The number of benzene rings is 1. The van der Waals surface area contributed by atoms with Crippen LogP contribution < -0.4 is 0 Å². The molecule has 78 valence electrons. The summed E-state index contributed by atoms with van der Waals surface area (Å²) in [6, 6.07) is 8.75. The molecule has 0 bridgehead atoms. The van der Waals surface area contributed by atoms with Crippen molar-refractivity contribution in [3.63, 3.8) is 0 Å². The lowest BCUT2D eigenvalue weighted by molar-refractivity contribution is 1.94. The van der Waals surface area contributed by atoms with Crippen LogP contribution in [-0.4, -0.2) is 0 Å². The molecule has 1 aromatic carbocycles. The fraction of sp³-hybridized carbons (Fsp3) is 0. The van der Waals surface area contributed by atoms with Gasteiger partial charge in [-0.2, -0.15) is 0 Å². The molecule has 0 saturated carbocycles. The molecule has 0 spiro atoms. The number of thiophene rings is 2. The van der Waals surface area contributed by atoms with Gasteiger partial charge in [0.15, 0.2) is 0 Å². The van der Waals surface area contributed by atoms with Gasteiger partial charge in [0.25, 0.3) is 0 Å². The zero-order valence-corrected chi connectivity index (χ0v) is 10.3. The average Bonchev–Trinajstić information content (AvgIpc) is 2.90. The second-order valence-electron chi connectivity index (χ2n) is 3.61. The second kappa shape index (κ2) is 3.58. The molecule has 0 unspecified atom stereocenters. The van der Waals surface area contributed by atoms with Gasteiger partial charge in [-0.1, -0.05) is 37.4 Å². The third kappa shape index (κ3) is 1.34. The van der Waals surface area contributed by atoms with Crippen LogP contribution in [0.3, 0.4) is 0 Å². The second-order valence-corrected chi connectivity index (χ2v) is 5.78. The molecular formula is C14H10S2. The van der Waals surface area contributed by atoms with Crippen LogP contribution >= 0.6 is 22.7 Å². The zero-order valence-electron chi connectivity index (χ0n) is 8.69. The van der Waals surface area contributed by atoms with Gasteiger partial charge in [0, 0.05) is 9.75 Å². The summed E-state index contributed by atoms with van der Waals surface area (Å²) in [5, 5.41) is 2.62. The largest absolute Gasteiger partial charge is 0.134 e. The molecule has 2 aromatic heterocycles. The van der Waals surface area contributed by atoms with Crippen molar-refractivity contribution in [2.24, 2.45) is 0 Å².